The Morgan fingerprint density at radius 3 is 2.35 bits per heavy atom. The molecule has 0 aliphatic carbocycles. The Kier molecular flexibility index (Phi) is 10.8. The van der Waals surface area contributed by atoms with Gasteiger partial charge >= 0.3 is 18.2 Å². The van der Waals surface area contributed by atoms with Crippen LogP contribution in [0.25, 0.3) is 0 Å². The summed E-state index contributed by atoms with van der Waals surface area (Å²) < 4.78 is 52.3. The van der Waals surface area contributed by atoms with E-state index >= 15 is 0 Å². The Bertz CT molecular complexity index is 1550. The van der Waals surface area contributed by atoms with Crippen molar-refractivity contribution in [1.29, 1.82) is 0 Å². The fraction of sp³-hybridized carbons (Fsp3) is 0.394. The molecule has 2 aromatic carbocycles. The largest absolute Gasteiger partial charge is 0.461 e. The van der Waals surface area contributed by atoms with E-state index in [1.807, 2.05) is 0 Å². The molecule has 2 N–H and O–H groups in total. The fourth-order valence-electron chi connectivity index (χ4n) is 5.30. The summed E-state index contributed by atoms with van der Waals surface area (Å²) in [5.74, 6) is -2.81. The van der Waals surface area contributed by atoms with E-state index in [1.165, 1.54) is 11.1 Å². The molecule has 0 spiro atoms. The van der Waals surface area contributed by atoms with Crippen molar-refractivity contribution in [3.63, 3.8) is 0 Å². The topological polar surface area (TPSA) is 104 Å². The minimum Gasteiger partial charge on any atom is -0.461 e. The number of rotatable bonds is 7. The Balaban J connectivity index is 1.73. The summed E-state index contributed by atoms with van der Waals surface area (Å²) >= 11 is 5.71. The number of nitrogens with one attached hydrogen (secondary N) is 2. The SMILES string of the molecule is CCOC(=O)c1[nH]ccc1N(Cc1ccccc1C1CCC(C(F)(F)F)CN1C(=O)OC(C)(C)C)C(=S)NC(=O)c1ccccc1. The highest BCUT2D eigenvalue weighted by Crippen LogP contribution is 2.42. The zero-order valence-electron chi connectivity index (χ0n) is 26.0. The van der Waals surface area contributed by atoms with Crippen molar-refractivity contribution in [3.05, 3.63) is 89.2 Å². The zero-order valence-corrected chi connectivity index (χ0v) is 26.8. The van der Waals surface area contributed by atoms with E-state index in [9.17, 15) is 27.6 Å². The summed E-state index contributed by atoms with van der Waals surface area (Å²) in [5, 5.41) is 2.69. The number of aromatic nitrogens is 1. The first kappa shape index (κ1) is 34.5. The molecular weight excluding hydrogens is 621 g/mol. The summed E-state index contributed by atoms with van der Waals surface area (Å²) in [7, 11) is 0. The number of esters is 1. The molecule has 1 fully saturated rings. The van der Waals surface area contributed by atoms with Gasteiger partial charge in [-0.05, 0) is 82.1 Å². The van der Waals surface area contributed by atoms with Gasteiger partial charge in [0.15, 0.2) is 5.11 Å². The second-order valence-electron chi connectivity index (χ2n) is 11.8. The van der Waals surface area contributed by atoms with E-state index in [-0.39, 0.29) is 36.8 Å². The zero-order chi connectivity index (χ0) is 33.6. The number of alkyl halides is 3. The minimum absolute atomic E-state index is 0.00427. The highest BCUT2D eigenvalue weighted by atomic mass is 32.1. The van der Waals surface area contributed by atoms with Crippen LogP contribution < -0.4 is 10.2 Å². The normalized spacial score (nSPS) is 16.8. The fourth-order valence-corrected chi connectivity index (χ4v) is 5.56. The lowest BCUT2D eigenvalue weighted by Gasteiger charge is -2.41. The number of amides is 2. The van der Waals surface area contributed by atoms with Crippen LogP contribution in [0.1, 0.15) is 78.6 Å². The molecular formula is C33H37F3N4O5S. The molecule has 2 heterocycles. The average Bonchev–Trinajstić information content (AvgIpc) is 3.49. The molecule has 3 aromatic rings. The molecule has 1 aliphatic rings. The third-order valence-corrected chi connectivity index (χ3v) is 7.73. The number of ether oxygens (including phenoxy) is 2. The first-order valence-electron chi connectivity index (χ1n) is 14.9. The number of anilines is 1. The summed E-state index contributed by atoms with van der Waals surface area (Å²) in [5.41, 5.74) is 1.04. The maximum absolute atomic E-state index is 13.9. The molecule has 1 aromatic heterocycles. The van der Waals surface area contributed by atoms with Crippen LogP contribution in [0.15, 0.2) is 66.9 Å². The summed E-state index contributed by atoms with van der Waals surface area (Å²) in [6.07, 6.45) is -3.94. The van der Waals surface area contributed by atoms with Gasteiger partial charge in [0.1, 0.15) is 11.3 Å². The molecule has 1 saturated heterocycles. The van der Waals surface area contributed by atoms with Crippen LogP contribution in [0, 0.1) is 5.92 Å². The van der Waals surface area contributed by atoms with E-state index in [1.54, 1.807) is 88.4 Å². The average molecular weight is 659 g/mol. The first-order chi connectivity index (χ1) is 21.7. The lowest BCUT2D eigenvalue weighted by molar-refractivity contribution is -0.188. The predicted octanol–water partition coefficient (Wildman–Crippen LogP) is 7.16. The van der Waals surface area contributed by atoms with Gasteiger partial charge in [0.05, 0.1) is 30.8 Å². The molecule has 0 radical (unpaired) electrons. The molecule has 246 valence electrons. The van der Waals surface area contributed by atoms with Crippen LogP contribution in [0.3, 0.4) is 0 Å². The lowest BCUT2D eigenvalue weighted by Crippen LogP contribution is -2.48. The molecule has 2 amide bonds. The summed E-state index contributed by atoms with van der Waals surface area (Å²) in [6.45, 7) is 6.19. The number of thiocarbonyl (C=S) groups is 1. The Morgan fingerprint density at radius 1 is 1.02 bits per heavy atom. The lowest BCUT2D eigenvalue weighted by atomic mass is 9.87. The maximum atomic E-state index is 13.9. The summed E-state index contributed by atoms with van der Waals surface area (Å²) in [4.78, 5) is 44.8. The second kappa shape index (κ2) is 14.4. The van der Waals surface area contributed by atoms with Gasteiger partial charge in [0, 0.05) is 18.3 Å². The van der Waals surface area contributed by atoms with Gasteiger partial charge in [-0.25, -0.2) is 9.59 Å². The number of hydrogen-bond donors (Lipinski definition) is 2. The summed E-state index contributed by atoms with van der Waals surface area (Å²) in [6, 6.07) is 16.3. The van der Waals surface area contributed by atoms with Gasteiger partial charge in [0.2, 0.25) is 0 Å². The molecule has 46 heavy (non-hydrogen) atoms. The van der Waals surface area contributed by atoms with E-state index < -0.39 is 48.3 Å². The Labute approximate surface area is 271 Å². The van der Waals surface area contributed by atoms with Crippen molar-refractivity contribution in [3.8, 4) is 0 Å². The number of likely N-dealkylation sites (tertiary alicyclic amines) is 1. The minimum atomic E-state index is -4.48. The highest BCUT2D eigenvalue weighted by molar-refractivity contribution is 7.80. The molecule has 4 rings (SSSR count). The van der Waals surface area contributed by atoms with E-state index in [4.69, 9.17) is 21.7 Å². The molecule has 0 saturated carbocycles. The number of carbonyl (C=O) groups is 3. The van der Waals surface area contributed by atoms with E-state index in [0.29, 0.717) is 22.4 Å². The molecule has 2 unspecified atom stereocenters. The number of hydrogen-bond acceptors (Lipinski definition) is 6. The van der Waals surface area contributed by atoms with E-state index in [2.05, 4.69) is 10.3 Å². The number of aromatic amines is 1. The Morgan fingerprint density at radius 2 is 1.70 bits per heavy atom. The molecule has 0 bridgehead atoms. The van der Waals surface area contributed by atoms with E-state index in [0.717, 1.165) is 4.90 Å². The van der Waals surface area contributed by atoms with Gasteiger partial charge in [-0.3, -0.25) is 10.1 Å². The number of halogens is 3. The molecule has 9 nitrogen and oxygen atoms in total. The molecule has 13 heteroatoms. The van der Waals surface area contributed by atoms with Crippen LogP contribution in [0.4, 0.5) is 23.7 Å². The number of H-pyrrole nitrogens is 1. The number of carbonyl (C=O) groups excluding carboxylic acids is 3. The van der Waals surface area contributed by atoms with Crippen molar-refractivity contribution in [2.24, 2.45) is 5.92 Å². The first-order valence-corrected chi connectivity index (χ1v) is 15.3. The third kappa shape index (κ3) is 8.45. The van der Waals surface area contributed by atoms with Gasteiger partial charge in [0.25, 0.3) is 5.91 Å². The number of nitrogens with zero attached hydrogens (tertiary/aromatic N) is 2. The molecule has 2 atom stereocenters. The smallest absolute Gasteiger partial charge is 0.410 e. The van der Waals surface area contributed by atoms with Crippen LogP contribution in [0.5, 0.6) is 0 Å². The van der Waals surface area contributed by atoms with Crippen molar-refractivity contribution < 1.29 is 37.0 Å². The van der Waals surface area contributed by atoms with Gasteiger partial charge in [-0.15, -0.1) is 0 Å². The third-order valence-electron chi connectivity index (χ3n) is 7.41. The van der Waals surface area contributed by atoms with Crippen molar-refractivity contribution in [1.82, 2.24) is 15.2 Å². The maximum Gasteiger partial charge on any atom is 0.410 e. The molecule has 1 aliphatic heterocycles. The van der Waals surface area contributed by atoms with Crippen molar-refractivity contribution >= 4 is 41.0 Å². The van der Waals surface area contributed by atoms with Crippen molar-refractivity contribution in [2.75, 3.05) is 18.1 Å². The highest BCUT2D eigenvalue weighted by Gasteiger charge is 2.47. The number of piperidine rings is 1. The van der Waals surface area contributed by atoms with Gasteiger partial charge in [-0.1, -0.05) is 42.5 Å². The standard InChI is InChI=1S/C33H37F3N4O5S/c1-5-44-29(42)27-26(17-18-37-27)39(30(46)38-28(41)21-11-7-6-8-12-21)19-22-13-9-10-14-24(22)25-16-15-23(33(34,35)36)20-40(25)31(43)45-32(2,3)4/h6-14,17-18,23,25,37H,5,15-16,19-20H2,1-4H3,(H,38,41,46). The van der Waals surface area contributed by atoms with Gasteiger partial charge in [-0.2, -0.15) is 13.2 Å². The van der Waals surface area contributed by atoms with Crippen LogP contribution in [-0.2, 0) is 16.0 Å². The Hall–Kier alpha value is -4.39. The van der Waals surface area contributed by atoms with Gasteiger partial charge < -0.3 is 24.3 Å². The van der Waals surface area contributed by atoms with Crippen LogP contribution in [-0.4, -0.2) is 57.9 Å². The van der Waals surface area contributed by atoms with Crippen molar-refractivity contribution in [2.45, 2.75) is 64.9 Å². The number of benzene rings is 2. The quantitative estimate of drug-likeness (QED) is 0.205. The monoisotopic (exact) mass is 658 g/mol. The second-order valence-corrected chi connectivity index (χ2v) is 12.2. The van der Waals surface area contributed by atoms with Crippen LogP contribution >= 0.6 is 12.2 Å². The van der Waals surface area contributed by atoms with Crippen LogP contribution in [0.2, 0.25) is 0 Å². The predicted molar refractivity (Wildman–Crippen MR) is 170 cm³/mol.